The monoisotopic (exact) mass is 531 g/mol. The first-order chi connectivity index (χ1) is 19.6. The molecule has 40 heavy (non-hydrogen) atoms. The number of nitrogens with one attached hydrogen (secondary N) is 3. The first-order valence-corrected chi connectivity index (χ1v) is 12.5. The van der Waals surface area contributed by atoms with Gasteiger partial charge in [0.15, 0.2) is 23.0 Å². The number of nitrogens with zero attached hydrogens (tertiary/aromatic N) is 4. The Bertz CT molecular complexity index is 1790. The molecule has 3 heterocycles. The van der Waals surface area contributed by atoms with E-state index in [4.69, 9.17) is 14.5 Å². The minimum absolute atomic E-state index is 0.222. The lowest BCUT2D eigenvalue weighted by Crippen LogP contribution is -2.12. The van der Waals surface area contributed by atoms with Crippen molar-refractivity contribution in [2.24, 2.45) is 0 Å². The number of amides is 1. The lowest BCUT2D eigenvalue weighted by atomic mass is 10.1. The summed E-state index contributed by atoms with van der Waals surface area (Å²) in [5.41, 5.74) is 5.00. The second-order valence-corrected chi connectivity index (χ2v) is 8.88. The Labute approximate surface area is 229 Å². The van der Waals surface area contributed by atoms with E-state index >= 15 is 0 Å². The first-order valence-electron chi connectivity index (χ1n) is 12.5. The number of hydrogen-bond acceptors (Lipinski definition) is 7. The lowest BCUT2D eigenvalue weighted by Gasteiger charge is -2.13. The van der Waals surface area contributed by atoms with E-state index in [-0.39, 0.29) is 5.91 Å². The second-order valence-electron chi connectivity index (χ2n) is 8.88. The third kappa shape index (κ3) is 4.93. The molecule has 1 amide bonds. The molecule has 0 aliphatic heterocycles. The zero-order valence-electron chi connectivity index (χ0n) is 21.8. The van der Waals surface area contributed by atoms with Crippen LogP contribution in [-0.2, 0) is 0 Å². The van der Waals surface area contributed by atoms with E-state index < -0.39 is 0 Å². The van der Waals surface area contributed by atoms with Crippen molar-refractivity contribution in [2.45, 2.75) is 0 Å². The Hall–Kier alpha value is -5.64. The van der Waals surface area contributed by atoms with Gasteiger partial charge in [0, 0.05) is 65.1 Å². The van der Waals surface area contributed by atoms with Crippen LogP contribution in [0.25, 0.3) is 28.3 Å². The van der Waals surface area contributed by atoms with Crippen molar-refractivity contribution in [3.8, 4) is 34.1 Å². The smallest absolute Gasteiger partial charge is 0.255 e. The van der Waals surface area contributed by atoms with Gasteiger partial charge in [0.05, 0.1) is 19.9 Å². The number of carbonyl (C=O) groups excluding carboxylic acids is 1. The molecule has 198 valence electrons. The molecule has 0 unspecified atom stereocenters. The van der Waals surface area contributed by atoms with Crippen molar-refractivity contribution >= 4 is 28.7 Å². The molecule has 10 nitrogen and oxygen atoms in total. The maximum absolute atomic E-state index is 13.1. The molecular weight excluding hydrogens is 506 g/mol. The summed E-state index contributed by atoms with van der Waals surface area (Å²) in [5, 5.41) is 6.30. The van der Waals surface area contributed by atoms with Crippen LogP contribution in [0.4, 0.5) is 17.2 Å². The van der Waals surface area contributed by atoms with E-state index in [1.165, 1.54) is 0 Å². The summed E-state index contributed by atoms with van der Waals surface area (Å²) >= 11 is 0. The summed E-state index contributed by atoms with van der Waals surface area (Å²) in [6.07, 6.45) is 8.91. The summed E-state index contributed by atoms with van der Waals surface area (Å²) in [4.78, 5) is 29.7. The highest BCUT2D eigenvalue weighted by atomic mass is 16.5. The molecule has 3 N–H and O–H groups in total. The Balaban J connectivity index is 1.26. The molecule has 6 aromatic rings. The first kappa shape index (κ1) is 24.7. The molecule has 0 aliphatic carbocycles. The minimum atomic E-state index is -0.222. The fourth-order valence-electron chi connectivity index (χ4n) is 4.36. The molecule has 0 atom stereocenters. The quantitative estimate of drug-likeness (QED) is 0.227. The van der Waals surface area contributed by atoms with Gasteiger partial charge in [0.25, 0.3) is 5.91 Å². The molecule has 0 radical (unpaired) electrons. The fourth-order valence-corrected chi connectivity index (χ4v) is 4.36. The molecule has 0 aliphatic rings. The third-order valence-corrected chi connectivity index (χ3v) is 6.36. The number of H-pyrrole nitrogens is 1. The van der Waals surface area contributed by atoms with Crippen LogP contribution in [0.2, 0.25) is 0 Å². The van der Waals surface area contributed by atoms with Crippen molar-refractivity contribution in [1.29, 1.82) is 0 Å². The SMILES string of the molecule is COc1ccc(Nc2nc(-c3cccc(C(=O)Nc4ccc(-c5ncc[nH]5)cc4)c3)cn3ccnc23)cc1OC. The van der Waals surface area contributed by atoms with Gasteiger partial charge >= 0.3 is 0 Å². The minimum Gasteiger partial charge on any atom is -0.493 e. The number of rotatable bonds is 8. The van der Waals surface area contributed by atoms with Gasteiger partial charge in [0.1, 0.15) is 5.82 Å². The van der Waals surface area contributed by atoms with Gasteiger partial charge in [-0.3, -0.25) is 4.79 Å². The molecule has 6 rings (SSSR count). The number of anilines is 3. The van der Waals surface area contributed by atoms with Crippen LogP contribution in [0.15, 0.2) is 97.7 Å². The predicted octanol–water partition coefficient (Wildman–Crippen LogP) is 5.80. The molecule has 10 heteroatoms. The van der Waals surface area contributed by atoms with Crippen LogP contribution < -0.4 is 20.1 Å². The van der Waals surface area contributed by atoms with Crippen LogP contribution in [0.3, 0.4) is 0 Å². The van der Waals surface area contributed by atoms with Gasteiger partial charge in [0.2, 0.25) is 0 Å². The van der Waals surface area contributed by atoms with Gasteiger partial charge in [-0.2, -0.15) is 0 Å². The van der Waals surface area contributed by atoms with Crippen molar-refractivity contribution in [1.82, 2.24) is 24.3 Å². The maximum atomic E-state index is 13.1. The number of aromatic nitrogens is 5. The Morgan fingerprint density at radius 1 is 0.875 bits per heavy atom. The second kappa shape index (κ2) is 10.6. The van der Waals surface area contributed by atoms with E-state index in [2.05, 4.69) is 25.6 Å². The van der Waals surface area contributed by atoms with E-state index in [0.717, 1.165) is 22.6 Å². The van der Waals surface area contributed by atoms with Gasteiger partial charge in [-0.1, -0.05) is 12.1 Å². The fraction of sp³-hybridized carbons (Fsp3) is 0.0667. The Morgan fingerprint density at radius 3 is 2.48 bits per heavy atom. The summed E-state index contributed by atoms with van der Waals surface area (Å²) in [6, 6.07) is 20.4. The molecule has 0 saturated heterocycles. The van der Waals surface area contributed by atoms with Crippen LogP contribution in [0.1, 0.15) is 10.4 Å². The standard InChI is InChI=1S/C30H25N7O3/c1-39-25-11-10-23(17-26(25)40-2)34-28-29-33-14-15-37(29)18-24(36-28)20-4-3-5-21(16-20)30(38)35-22-8-6-19(7-9-22)27-31-12-13-32-27/h3-18H,1-2H3,(H,31,32)(H,34,36)(H,35,38). The number of hydrogen-bond donors (Lipinski definition) is 3. The summed E-state index contributed by atoms with van der Waals surface area (Å²) in [5.74, 6) is 2.33. The highest BCUT2D eigenvalue weighted by molar-refractivity contribution is 6.05. The predicted molar refractivity (Wildman–Crippen MR) is 153 cm³/mol. The lowest BCUT2D eigenvalue weighted by molar-refractivity contribution is 0.102. The van der Waals surface area contributed by atoms with Crippen molar-refractivity contribution in [2.75, 3.05) is 24.9 Å². The molecule has 0 saturated carbocycles. The third-order valence-electron chi connectivity index (χ3n) is 6.36. The number of carbonyl (C=O) groups is 1. The number of aromatic amines is 1. The van der Waals surface area contributed by atoms with E-state index in [1.54, 1.807) is 38.9 Å². The molecule has 0 fully saturated rings. The summed E-state index contributed by atoms with van der Waals surface area (Å²) in [7, 11) is 3.18. The Morgan fingerprint density at radius 2 is 1.70 bits per heavy atom. The van der Waals surface area contributed by atoms with Gasteiger partial charge in [-0.15, -0.1) is 0 Å². The number of imidazole rings is 2. The molecule has 0 bridgehead atoms. The number of ether oxygens (including phenoxy) is 2. The van der Waals surface area contributed by atoms with Crippen LogP contribution in [0, 0.1) is 0 Å². The average molecular weight is 532 g/mol. The number of benzene rings is 3. The van der Waals surface area contributed by atoms with Crippen molar-refractivity contribution < 1.29 is 14.3 Å². The van der Waals surface area contributed by atoms with Gasteiger partial charge in [-0.25, -0.2) is 15.0 Å². The van der Waals surface area contributed by atoms with Crippen molar-refractivity contribution in [3.05, 3.63) is 103 Å². The van der Waals surface area contributed by atoms with E-state index in [9.17, 15) is 4.79 Å². The highest BCUT2D eigenvalue weighted by Crippen LogP contribution is 2.32. The van der Waals surface area contributed by atoms with Crippen LogP contribution in [0.5, 0.6) is 11.5 Å². The number of fused-ring (bicyclic) bond motifs is 1. The molecule has 3 aromatic heterocycles. The highest BCUT2D eigenvalue weighted by Gasteiger charge is 2.14. The van der Waals surface area contributed by atoms with Crippen LogP contribution >= 0.6 is 0 Å². The van der Waals surface area contributed by atoms with Crippen LogP contribution in [-0.4, -0.2) is 44.5 Å². The van der Waals surface area contributed by atoms with Gasteiger partial charge in [-0.05, 0) is 48.5 Å². The van der Waals surface area contributed by atoms with E-state index in [0.29, 0.717) is 39.9 Å². The van der Waals surface area contributed by atoms with Crippen molar-refractivity contribution in [3.63, 3.8) is 0 Å². The zero-order chi connectivity index (χ0) is 27.5. The largest absolute Gasteiger partial charge is 0.493 e. The van der Waals surface area contributed by atoms with E-state index in [1.807, 2.05) is 77.5 Å². The summed E-state index contributed by atoms with van der Waals surface area (Å²) < 4.78 is 12.7. The van der Waals surface area contributed by atoms with Gasteiger partial charge < -0.3 is 29.5 Å². The summed E-state index contributed by atoms with van der Waals surface area (Å²) in [6.45, 7) is 0. The average Bonchev–Trinajstić information content (AvgIpc) is 3.70. The topological polar surface area (TPSA) is 118 Å². The molecule has 0 spiro atoms. The maximum Gasteiger partial charge on any atom is 0.255 e. The molecule has 3 aromatic carbocycles. The zero-order valence-corrected chi connectivity index (χ0v) is 21.8. The number of methoxy groups -OCH3 is 2. The molecular formula is C30H25N7O3. The Kier molecular flexibility index (Phi) is 6.55. The normalized spacial score (nSPS) is 10.8.